The SMILES string of the molecule is CC1=C(/C=C/C(C)=C/C=C/C(C)=C/c2ncn[nH]2)C(C)(C)CCC1. The first-order valence-corrected chi connectivity index (χ1v) is 8.65. The Labute approximate surface area is 146 Å². The van der Waals surface area contributed by atoms with E-state index in [4.69, 9.17) is 0 Å². The molecule has 3 nitrogen and oxygen atoms in total. The zero-order valence-corrected chi connectivity index (χ0v) is 15.6. The van der Waals surface area contributed by atoms with Crippen LogP contribution in [0.2, 0.25) is 0 Å². The molecule has 0 bridgehead atoms. The van der Waals surface area contributed by atoms with E-state index in [-0.39, 0.29) is 0 Å². The summed E-state index contributed by atoms with van der Waals surface area (Å²) < 4.78 is 0. The van der Waals surface area contributed by atoms with Crippen LogP contribution < -0.4 is 0 Å². The molecule has 0 amide bonds. The van der Waals surface area contributed by atoms with Crippen molar-refractivity contribution in [2.24, 2.45) is 5.41 Å². The number of H-pyrrole nitrogens is 1. The first kappa shape index (κ1) is 18.2. The summed E-state index contributed by atoms with van der Waals surface area (Å²) in [5.41, 5.74) is 5.72. The molecule has 1 aliphatic carbocycles. The Morgan fingerprint density at radius 2 is 2.00 bits per heavy atom. The van der Waals surface area contributed by atoms with E-state index in [1.807, 2.05) is 6.08 Å². The van der Waals surface area contributed by atoms with Crippen LogP contribution in [0.25, 0.3) is 6.08 Å². The second-order valence-corrected chi connectivity index (χ2v) is 7.29. The van der Waals surface area contributed by atoms with Crippen LogP contribution in [0.15, 0.2) is 59.0 Å². The summed E-state index contributed by atoms with van der Waals surface area (Å²) in [6, 6.07) is 0. The fourth-order valence-electron chi connectivity index (χ4n) is 3.18. The molecule has 1 N–H and O–H groups in total. The number of nitrogens with zero attached hydrogens (tertiary/aromatic N) is 2. The van der Waals surface area contributed by atoms with Crippen molar-refractivity contribution >= 4 is 6.08 Å². The second-order valence-electron chi connectivity index (χ2n) is 7.29. The van der Waals surface area contributed by atoms with Crippen LogP contribution in [0.4, 0.5) is 0 Å². The number of nitrogens with one attached hydrogen (secondary N) is 1. The maximum Gasteiger partial charge on any atom is 0.148 e. The van der Waals surface area contributed by atoms with Crippen molar-refractivity contribution in [2.75, 3.05) is 0 Å². The largest absolute Gasteiger partial charge is 0.260 e. The molecule has 1 aromatic rings. The minimum absolute atomic E-state index is 0.297. The molecule has 0 unspecified atom stereocenters. The fourth-order valence-corrected chi connectivity index (χ4v) is 3.18. The van der Waals surface area contributed by atoms with Gasteiger partial charge in [-0.1, -0.05) is 55.4 Å². The van der Waals surface area contributed by atoms with Gasteiger partial charge in [-0.2, -0.15) is 5.10 Å². The molecule has 1 heterocycles. The molecule has 2 rings (SSSR count). The maximum absolute atomic E-state index is 4.09. The molecule has 0 aromatic carbocycles. The molecule has 128 valence electrons. The summed E-state index contributed by atoms with van der Waals surface area (Å²) in [6.07, 6.45) is 18.1. The lowest BCUT2D eigenvalue weighted by molar-refractivity contribution is 0.377. The Bertz CT molecular complexity index is 695. The van der Waals surface area contributed by atoms with Gasteiger partial charge in [-0.3, -0.25) is 5.10 Å². The number of aromatic amines is 1. The number of rotatable bonds is 5. The Hall–Kier alpha value is -2.16. The van der Waals surface area contributed by atoms with Crippen molar-refractivity contribution in [1.82, 2.24) is 15.2 Å². The lowest BCUT2D eigenvalue weighted by Crippen LogP contribution is -2.19. The van der Waals surface area contributed by atoms with Gasteiger partial charge >= 0.3 is 0 Å². The van der Waals surface area contributed by atoms with E-state index in [9.17, 15) is 0 Å². The van der Waals surface area contributed by atoms with Crippen LogP contribution in [0.1, 0.15) is 59.7 Å². The van der Waals surface area contributed by atoms with Gasteiger partial charge in [-0.05, 0) is 62.7 Å². The molecular formula is C21H29N3. The van der Waals surface area contributed by atoms with E-state index in [1.165, 1.54) is 42.3 Å². The molecular weight excluding hydrogens is 294 g/mol. The standard InChI is InChI=1S/C21H29N3/c1-16(8-6-9-17(2)14-20-22-15-23-24-20)11-12-19-18(3)10-7-13-21(19,4)5/h6,8-9,11-12,14-15H,7,10,13H2,1-5H3,(H,22,23,24)/b9-6+,12-11+,16-8+,17-14+. The molecule has 3 heteroatoms. The molecule has 24 heavy (non-hydrogen) atoms. The third-order valence-corrected chi connectivity index (χ3v) is 4.57. The van der Waals surface area contributed by atoms with Gasteiger partial charge in [-0.15, -0.1) is 0 Å². The van der Waals surface area contributed by atoms with Crippen LogP contribution in [0.5, 0.6) is 0 Å². The topological polar surface area (TPSA) is 41.6 Å². The van der Waals surface area contributed by atoms with Gasteiger partial charge in [0, 0.05) is 0 Å². The van der Waals surface area contributed by atoms with Crippen molar-refractivity contribution in [3.63, 3.8) is 0 Å². The van der Waals surface area contributed by atoms with E-state index in [2.05, 4.69) is 80.2 Å². The zero-order chi connectivity index (χ0) is 17.6. The number of hydrogen-bond donors (Lipinski definition) is 1. The highest BCUT2D eigenvalue weighted by Crippen LogP contribution is 2.40. The van der Waals surface area contributed by atoms with Crippen molar-refractivity contribution in [3.05, 3.63) is 64.8 Å². The van der Waals surface area contributed by atoms with Crippen LogP contribution >= 0.6 is 0 Å². The Kier molecular flexibility index (Phi) is 6.13. The molecule has 0 atom stereocenters. The van der Waals surface area contributed by atoms with Gasteiger partial charge in [0.25, 0.3) is 0 Å². The summed E-state index contributed by atoms with van der Waals surface area (Å²) >= 11 is 0. The average molecular weight is 323 g/mol. The summed E-state index contributed by atoms with van der Waals surface area (Å²) in [7, 11) is 0. The highest BCUT2D eigenvalue weighted by atomic mass is 15.2. The molecule has 1 aliphatic rings. The van der Waals surface area contributed by atoms with E-state index in [1.54, 1.807) is 0 Å². The molecule has 1 aromatic heterocycles. The first-order chi connectivity index (χ1) is 11.4. The predicted octanol–water partition coefficient (Wildman–Crippen LogP) is 5.79. The van der Waals surface area contributed by atoms with Crippen LogP contribution in [0.3, 0.4) is 0 Å². The number of aromatic nitrogens is 3. The second kappa shape index (κ2) is 8.09. The lowest BCUT2D eigenvalue weighted by atomic mass is 9.72. The van der Waals surface area contributed by atoms with E-state index in [0.29, 0.717) is 5.41 Å². The third-order valence-electron chi connectivity index (χ3n) is 4.57. The molecule has 0 saturated carbocycles. The van der Waals surface area contributed by atoms with E-state index in [0.717, 1.165) is 11.4 Å². The normalized spacial score (nSPS) is 19.7. The lowest BCUT2D eigenvalue weighted by Gasteiger charge is -2.32. The highest BCUT2D eigenvalue weighted by molar-refractivity contribution is 5.48. The van der Waals surface area contributed by atoms with Gasteiger partial charge in [0.05, 0.1) is 0 Å². The zero-order valence-electron chi connectivity index (χ0n) is 15.6. The monoisotopic (exact) mass is 323 g/mol. The minimum Gasteiger partial charge on any atom is -0.260 e. The predicted molar refractivity (Wildman–Crippen MR) is 102 cm³/mol. The number of hydrogen-bond acceptors (Lipinski definition) is 2. The fraction of sp³-hybridized carbons (Fsp3) is 0.429. The Morgan fingerprint density at radius 3 is 2.67 bits per heavy atom. The number of allylic oxidation sites excluding steroid dienone is 9. The Morgan fingerprint density at radius 1 is 1.21 bits per heavy atom. The quantitative estimate of drug-likeness (QED) is 0.696. The molecule has 0 fully saturated rings. The molecule has 0 radical (unpaired) electrons. The molecule has 0 aliphatic heterocycles. The van der Waals surface area contributed by atoms with Gasteiger partial charge in [-0.25, -0.2) is 4.98 Å². The summed E-state index contributed by atoms with van der Waals surface area (Å²) in [4.78, 5) is 4.09. The smallest absolute Gasteiger partial charge is 0.148 e. The van der Waals surface area contributed by atoms with E-state index >= 15 is 0 Å². The van der Waals surface area contributed by atoms with E-state index < -0.39 is 0 Å². The summed E-state index contributed by atoms with van der Waals surface area (Å²) in [5.74, 6) is 0.777. The van der Waals surface area contributed by atoms with Crippen molar-refractivity contribution in [2.45, 2.75) is 53.9 Å². The van der Waals surface area contributed by atoms with Crippen LogP contribution in [-0.2, 0) is 0 Å². The molecule has 0 saturated heterocycles. The van der Waals surface area contributed by atoms with Gasteiger partial charge in [0.15, 0.2) is 0 Å². The van der Waals surface area contributed by atoms with Crippen molar-refractivity contribution < 1.29 is 0 Å². The van der Waals surface area contributed by atoms with Gasteiger partial charge < -0.3 is 0 Å². The minimum atomic E-state index is 0.297. The van der Waals surface area contributed by atoms with Gasteiger partial charge in [0.1, 0.15) is 12.2 Å². The Balaban J connectivity index is 2.02. The first-order valence-electron chi connectivity index (χ1n) is 8.65. The average Bonchev–Trinajstić information content (AvgIpc) is 2.98. The molecule has 0 spiro atoms. The maximum atomic E-state index is 4.09. The van der Waals surface area contributed by atoms with Gasteiger partial charge in [0.2, 0.25) is 0 Å². The highest BCUT2D eigenvalue weighted by Gasteiger charge is 2.26. The summed E-state index contributed by atoms with van der Waals surface area (Å²) in [5, 5.41) is 6.67. The van der Waals surface area contributed by atoms with Crippen LogP contribution in [0, 0.1) is 5.41 Å². The summed E-state index contributed by atoms with van der Waals surface area (Å²) in [6.45, 7) is 11.2. The van der Waals surface area contributed by atoms with Crippen molar-refractivity contribution in [3.8, 4) is 0 Å². The third kappa shape index (κ3) is 5.19. The van der Waals surface area contributed by atoms with Crippen LogP contribution in [-0.4, -0.2) is 15.2 Å². The van der Waals surface area contributed by atoms with Crippen molar-refractivity contribution in [1.29, 1.82) is 0 Å².